The Balaban J connectivity index is 1.85. The van der Waals surface area contributed by atoms with Crippen LogP contribution in [0.15, 0.2) is 53.5 Å². The normalized spacial score (nSPS) is 10.2. The minimum atomic E-state index is -0.144. The zero-order valence-corrected chi connectivity index (χ0v) is 13.6. The Bertz CT molecular complexity index is 768. The molecule has 2 N–H and O–H groups in total. The fraction of sp³-hybridized carbons (Fsp3) is 0.278. The van der Waals surface area contributed by atoms with Gasteiger partial charge in [-0.25, -0.2) is 0 Å². The third-order valence-corrected chi connectivity index (χ3v) is 3.49. The minimum Gasteiger partial charge on any atom is -0.352 e. The molecule has 0 saturated carbocycles. The summed E-state index contributed by atoms with van der Waals surface area (Å²) in [6.07, 6.45) is 1.88. The molecule has 24 heavy (non-hydrogen) atoms. The van der Waals surface area contributed by atoms with Gasteiger partial charge in [0.25, 0.3) is 11.5 Å². The Morgan fingerprint density at radius 2 is 1.92 bits per heavy atom. The van der Waals surface area contributed by atoms with Gasteiger partial charge in [0.15, 0.2) is 0 Å². The summed E-state index contributed by atoms with van der Waals surface area (Å²) in [6.45, 7) is 3.11. The van der Waals surface area contributed by atoms with Crippen LogP contribution in [0.25, 0.3) is 0 Å². The van der Waals surface area contributed by atoms with Crippen LogP contribution < -0.4 is 16.2 Å². The largest absolute Gasteiger partial charge is 0.352 e. The Labute approximate surface area is 140 Å². The van der Waals surface area contributed by atoms with E-state index in [4.69, 9.17) is 0 Å². The topological polar surface area (TPSA) is 80.2 Å². The van der Waals surface area contributed by atoms with Crippen molar-refractivity contribution in [3.63, 3.8) is 0 Å². The van der Waals surface area contributed by atoms with Crippen molar-refractivity contribution < 1.29 is 9.59 Å². The van der Waals surface area contributed by atoms with Gasteiger partial charge < -0.3 is 15.2 Å². The van der Waals surface area contributed by atoms with Crippen LogP contribution >= 0.6 is 0 Å². The highest BCUT2D eigenvalue weighted by molar-refractivity contribution is 5.94. The Kier molecular flexibility index (Phi) is 6.31. The molecular formula is C18H21N3O3. The standard InChI is InChI=1S/C18H21N3O3/c1-2-19-18(24)15-7-5-6-14(12-15)13-20-16(22)9-11-21-10-4-3-8-17(21)23/h3-8,10,12H,2,9,11,13H2,1H3,(H,19,24)(H,20,22). The van der Waals surface area contributed by atoms with Crippen molar-refractivity contribution in [3.05, 3.63) is 70.1 Å². The fourth-order valence-electron chi connectivity index (χ4n) is 2.24. The average molecular weight is 327 g/mol. The monoisotopic (exact) mass is 327 g/mol. The van der Waals surface area contributed by atoms with Gasteiger partial charge in [-0.1, -0.05) is 18.2 Å². The first kappa shape index (κ1) is 17.5. The van der Waals surface area contributed by atoms with Crippen molar-refractivity contribution in [2.24, 2.45) is 0 Å². The van der Waals surface area contributed by atoms with Crippen LogP contribution in [0.2, 0.25) is 0 Å². The molecule has 0 bridgehead atoms. The molecule has 2 rings (SSSR count). The van der Waals surface area contributed by atoms with Crippen LogP contribution in [0.1, 0.15) is 29.3 Å². The number of nitrogens with zero attached hydrogens (tertiary/aromatic N) is 1. The highest BCUT2D eigenvalue weighted by Crippen LogP contribution is 2.05. The van der Waals surface area contributed by atoms with Gasteiger partial charge >= 0.3 is 0 Å². The first-order chi connectivity index (χ1) is 11.6. The van der Waals surface area contributed by atoms with Gasteiger partial charge in [-0.2, -0.15) is 0 Å². The molecule has 126 valence electrons. The molecule has 6 nitrogen and oxygen atoms in total. The number of carbonyl (C=O) groups excluding carboxylic acids is 2. The van der Waals surface area contributed by atoms with Gasteiger partial charge in [0.2, 0.25) is 5.91 Å². The Morgan fingerprint density at radius 1 is 1.08 bits per heavy atom. The van der Waals surface area contributed by atoms with Crippen molar-refractivity contribution >= 4 is 11.8 Å². The van der Waals surface area contributed by atoms with Crippen LogP contribution in [0, 0.1) is 0 Å². The number of aryl methyl sites for hydroxylation is 1. The number of amides is 2. The third kappa shape index (κ3) is 5.08. The number of pyridine rings is 1. The van der Waals surface area contributed by atoms with Gasteiger partial charge in [-0.3, -0.25) is 14.4 Å². The molecular weight excluding hydrogens is 306 g/mol. The van der Waals surface area contributed by atoms with Crippen LogP contribution in [0.4, 0.5) is 0 Å². The molecule has 0 atom stereocenters. The minimum absolute atomic E-state index is 0.125. The van der Waals surface area contributed by atoms with E-state index in [1.165, 1.54) is 10.6 Å². The second-order valence-corrected chi connectivity index (χ2v) is 5.32. The number of rotatable bonds is 7. The highest BCUT2D eigenvalue weighted by atomic mass is 16.2. The lowest BCUT2D eigenvalue weighted by molar-refractivity contribution is -0.121. The van der Waals surface area contributed by atoms with E-state index in [0.717, 1.165) is 5.56 Å². The Hall–Kier alpha value is -2.89. The molecule has 0 spiro atoms. The maximum Gasteiger partial charge on any atom is 0.251 e. The van der Waals surface area contributed by atoms with Gasteiger partial charge in [-0.05, 0) is 30.7 Å². The molecule has 0 unspecified atom stereocenters. The van der Waals surface area contributed by atoms with E-state index in [1.54, 1.807) is 36.5 Å². The number of aromatic nitrogens is 1. The van der Waals surface area contributed by atoms with E-state index in [9.17, 15) is 14.4 Å². The second-order valence-electron chi connectivity index (χ2n) is 5.32. The van der Waals surface area contributed by atoms with Crippen LogP contribution in [-0.2, 0) is 17.9 Å². The summed E-state index contributed by atoms with van der Waals surface area (Å²) in [5.74, 6) is -0.275. The van der Waals surface area contributed by atoms with E-state index in [0.29, 0.717) is 25.2 Å². The predicted octanol–water partition coefficient (Wildman–Crippen LogP) is 1.30. The average Bonchev–Trinajstić information content (AvgIpc) is 2.60. The second kappa shape index (κ2) is 8.67. The zero-order valence-electron chi connectivity index (χ0n) is 13.6. The maximum atomic E-state index is 11.9. The lowest BCUT2D eigenvalue weighted by Crippen LogP contribution is -2.27. The SMILES string of the molecule is CCNC(=O)c1cccc(CNC(=O)CCn2ccccc2=O)c1. The maximum absolute atomic E-state index is 11.9. The van der Waals surface area contributed by atoms with Gasteiger partial charge in [0.1, 0.15) is 0 Å². The number of carbonyl (C=O) groups is 2. The molecule has 1 heterocycles. The molecule has 1 aromatic heterocycles. The first-order valence-corrected chi connectivity index (χ1v) is 7.89. The predicted molar refractivity (Wildman–Crippen MR) is 91.6 cm³/mol. The Morgan fingerprint density at radius 3 is 2.67 bits per heavy atom. The van der Waals surface area contributed by atoms with Gasteiger partial charge in [-0.15, -0.1) is 0 Å². The lowest BCUT2D eigenvalue weighted by Gasteiger charge is -2.08. The summed E-state index contributed by atoms with van der Waals surface area (Å²) < 4.78 is 1.50. The molecule has 0 saturated heterocycles. The first-order valence-electron chi connectivity index (χ1n) is 7.89. The molecule has 1 aromatic carbocycles. The molecule has 2 aromatic rings. The third-order valence-electron chi connectivity index (χ3n) is 3.49. The van der Waals surface area contributed by atoms with E-state index >= 15 is 0 Å². The van der Waals surface area contributed by atoms with Crippen molar-refractivity contribution in [1.29, 1.82) is 0 Å². The smallest absolute Gasteiger partial charge is 0.251 e. The van der Waals surface area contributed by atoms with Crippen LogP contribution in [0.5, 0.6) is 0 Å². The van der Waals surface area contributed by atoms with Gasteiger partial charge in [0.05, 0.1) is 0 Å². The lowest BCUT2D eigenvalue weighted by atomic mass is 10.1. The summed E-state index contributed by atoms with van der Waals surface area (Å²) >= 11 is 0. The number of benzene rings is 1. The van der Waals surface area contributed by atoms with Crippen LogP contribution in [-0.4, -0.2) is 22.9 Å². The van der Waals surface area contributed by atoms with Crippen molar-refractivity contribution in [2.45, 2.75) is 26.4 Å². The molecule has 0 fully saturated rings. The van der Waals surface area contributed by atoms with Crippen molar-refractivity contribution in [2.75, 3.05) is 6.54 Å². The number of hydrogen-bond acceptors (Lipinski definition) is 3. The molecule has 6 heteroatoms. The zero-order chi connectivity index (χ0) is 17.4. The van der Waals surface area contributed by atoms with Crippen LogP contribution in [0.3, 0.4) is 0 Å². The molecule has 0 aliphatic carbocycles. The molecule has 0 aliphatic rings. The molecule has 0 radical (unpaired) electrons. The summed E-state index contributed by atoms with van der Waals surface area (Å²) in [4.78, 5) is 35.3. The molecule has 2 amide bonds. The van der Waals surface area contributed by atoms with Crippen molar-refractivity contribution in [3.8, 4) is 0 Å². The van der Waals surface area contributed by atoms with Crippen molar-refractivity contribution in [1.82, 2.24) is 15.2 Å². The van der Waals surface area contributed by atoms with Gasteiger partial charge in [0, 0.05) is 43.9 Å². The quantitative estimate of drug-likeness (QED) is 0.804. The number of hydrogen-bond donors (Lipinski definition) is 2. The summed E-state index contributed by atoms with van der Waals surface area (Å²) in [5, 5.41) is 5.54. The summed E-state index contributed by atoms with van der Waals surface area (Å²) in [6, 6.07) is 12.0. The van der Waals surface area contributed by atoms with E-state index < -0.39 is 0 Å². The molecule has 0 aliphatic heterocycles. The van der Waals surface area contributed by atoms with E-state index in [2.05, 4.69) is 10.6 Å². The van der Waals surface area contributed by atoms with E-state index in [1.807, 2.05) is 13.0 Å². The summed E-state index contributed by atoms with van der Waals surface area (Å²) in [7, 11) is 0. The fourth-order valence-corrected chi connectivity index (χ4v) is 2.24. The number of nitrogens with one attached hydrogen (secondary N) is 2. The summed E-state index contributed by atoms with van der Waals surface area (Å²) in [5.41, 5.74) is 1.29. The highest BCUT2D eigenvalue weighted by Gasteiger charge is 2.06. The van der Waals surface area contributed by atoms with E-state index in [-0.39, 0.29) is 23.8 Å².